The number of methoxy groups -OCH3 is 1. The van der Waals surface area contributed by atoms with Gasteiger partial charge in [0.05, 0.1) is 24.8 Å². The molecule has 9 heteroatoms. The van der Waals surface area contributed by atoms with Gasteiger partial charge in [0.2, 0.25) is 11.9 Å². The Morgan fingerprint density at radius 1 is 1.18 bits per heavy atom. The van der Waals surface area contributed by atoms with Crippen molar-refractivity contribution in [2.75, 3.05) is 50.6 Å². The highest BCUT2D eigenvalue weighted by molar-refractivity contribution is 5.83. The van der Waals surface area contributed by atoms with Crippen LogP contribution in [0.5, 0.6) is 5.75 Å². The highest BCUT2D eigenvalue weighted by Crippen LogP contribution is 2.39. The van der Waals surface area contributed by atoms with Gasteiger partial charge in [-0.2, -0.15) is 4.98 Å². The summed E-state index contributed by atoms with van der Waals surface area (Å²) in [6.45, 7) is 2.51. The Hall–Kier alpha value is -3.36. The van der Waals surface area contributed by atoms with Crippen LogP contribution < -0.4 is 15.0 Å². The molecule has 9 nitrogen and oxygen atoms in total. The van der Waals surface area contributed by atoms with Gasteiger partial charge in [0.25, 0.3) is 0 Å². The third kappa shape index (κ3) is 4.03. The summed E-state index contributed by atoms with van der Waals surface area (Å²) in [5.74, 6) is 2.04. The predicted molar refractivity (Wildman–Crippen MR) is 127 cm³/mol. The molecule has 0 saturated carbocycles. The molecule has 0 radical (unpaired) electrons. The number of carbonyl (C=O) groups excluding carboxylic acids is 2. The molecule has 0 bridgehead atoms. The first-order chi connectivity index (χ1) is 16.5. The Kier molecular flexibility index (Phi) is 6.02. The lowest BCUT2D eigenvalue weighted by Gasteiger charge is -2.40. The van der Waals surface area contributed by atoms with Crippen LogP contribution in [0.15, 0.2) is 30.3 Å². The van der Waals surface area contributed by atoms with Crippen molar-refractivity contribution in [2.45, 2.75) is 43.6 Å². The van der Waals surface area contributed by atoms with Crippen molar-refractivity contribution in [1.82, 2.24) is 14.9 Å². The lowest BCUT2D eigenvalue weighted by Crippen LogP contribution is -2.48. The van der Waals surface area contributed by atoms with E-state index in [0.29, 0.717) is 63.0 Å². The number of carbonyl (C=O) groups is 2. The number of ether oxygens (including phenoxy) is 2. The third-order valence-electron chi connectivity index (χ3n) is 7.28. The highest BCUT2D eigenvalue weighted by atomic mass is 16.5. The maximum atomic E-state index is 12.9. The second-order valence-electron chi connectivity index (χ2n) is 9.33. The van der Waals surface area contributed by atoms with Gasteiger partial charge in [-0.25, -0.2) is 4.98 Å². The Morgan fingerprint density at radius 3 is 2.65 bits per heavy atom. The number of nitrogens with one attached hydrogen (secondary N) is 1. The van der Waals surface area contributed by atoms with Gasteiger partial charge in [-0.1, -0.05) is 30.3 Å². The van der Waals surface area contributed by atoms with Gasteiger partial charge in [0.15, 0.2) is 11.6 Å². The average Bonchev–Trinajstić information content (AvgIpc) is 3.35. The largest absolute Gasteiger partial charge is 0.487 e. The van der Waals surface area contributed by atoms with Gasteiger partial charge >= 0.3 is 5.97 Å². The average molecular weight is 466 g/mol. The zero-order valence-corrected chi connectivity index (χ0v) is 19.7. The van der Waals surface area contributed by atoms with Crippen molar-refractivity contribution in [2.24, 2.45) is 0 Å². The van der Waals surface area contributed by atoms with E-state index in [1.165, 1.54) is 7.11 Å². The van der Waals surface area contributed by atoms with E-state index in [1.54, 1.807) is 4.90 Å². The quantitative estimate of drug-likeness (QED) is 0.671. The number of hydrogen-bond acceptors (Lipinski definition) is 8. The fraction of sp³-hybridized carbons (Fsp3) is 0.520. The van der Waals surface area contributed by atoms with Crippen molar-refractivity contribution in [1.29, 1.82) is 0 Å². The number of nitrogens with zero attached hydrogens (tertiary/aromatic N) is 4. The number of benzene rings is 1. The minimum atomic E-state index is -0.660. The molecule has 3 aliphatic heterocycles. The Morgan fingerprint density at radius 2 is 1.94 bits per heavy atom. The number of rotatable bonds is 5. The van der Waals surface area contributed by atoms with Crippen LogP contribution >= 0.6 is 0 Å². The molecule has 2 fully saturated rings. The number of likely N-dealkylation sites (tertiary alicyclic amines) is 1. The minimum Gasteiger partial charge on any atom is -0.487 e. The van der Waals surface area contributed by atoms with Crippen LogP contribution in [0.1, 0.15) is 36.9 Å². The molecule has 180 valence electrons. The third-order valence-corrected chi connectivity index (χ3v) is 7.28. The van der Waals surface area contributed by atoms with Gasteiger partial charge in [-0.3, -0.25) is 9.59 Å². The molecule has 0 unspecified atom stereocenters. The topological polar surface area (TPSA) is 96.9 Å². The smallest absolute Gasteiger partial charge is 0.316 e. The number of anilines is 2. The van der Waals surface area contributed by atoms with Crippen molar-refractivity contribution in [3.05, 3.63) is 41.6 Å². The van der Waals surface area contributed by atoms with Crippen molar-refractivity contribution >= 4 is 23.6 Å². The Labute approximate surface area is 199 Å². The predicted octanol–water partition coefficient (Wildman–Crippen LogP) is 2.16. The SMILES string of the molecule is COC(=O)C1(c2ccccc2)CCN(c2nc3c(c(N[C@H]4CCC(=O)N(C)C4)n2)OCC3)CC1. The van der Waals surface area contributed by atoms with Crippen LogP contribution in [-0.2, 0) is 26.2 Å². The number of aromatic nitrogens is 2. The lowest BCUT2D eigenvalue weighted by atomic mass is 9.73. The first-order valence-electron chi connectivity index (χ1n) is 11.9. The zero-order valence-electron chi connectivity index (χ0n) is 19.7. The summed E-state index contributed by atoms with van der Waals surface area (Å²) in [5, 5.41) is 3.51. The number of likely N-dealkylation sites (N-methyl/N-ethyl adjacent to an activating group) is 1. The van der Waals surface area contributed by atoms with Crippen LogP contribution in [0.4, 0.5) is 11.8 Å². The van der Waals surface area contributed by atoms with E-state index in [2.05, 4.69) is 10.2 Å². The first kappa shape index (κ1) is 22.4. The minimum absolute atomic E-state index is 0.116. The van der Waals surface area contributed by atoms with Crippen molar-refractivity contribution in [3.8, 4) is 5.75 Å². The van der Waals surface area contributed by atoms with E-state index in [1.807, 2.05) is 37.4 Å². The van der Waals surface area contributed by atoms with Crippen LogP contribution in [-0.4, -0.2) is 73.2 Å². The summed E-state index contributed by atoms with van der Waals surface area (Å²) in [6, 6.07) is 10.0. The second-order valence-corrected chi connectivity index (χ2v) is 9.33. The molecule has 1 aromatic carbocycles. The fourth-order valence-electron chi connectivity index (χ4n) is 5.27. The number of esters is 1. The number of piperidine rings is 2. The molecule has 1 amide bonds. The molecule has 2 aromatic rings. The monoisotopic (exact) mass is 465 g/mol. The lowest BCUT2D eigenvalue weighted by molar-refractivity contribution is -0.148. The molecule has 1 N–H and O–H groups in total. The van der Waals surface area contributed by atoms with Gasteiger partial charge in [0, 0.05) is 45.6 Å². The summed E-state index contributed by atoms with van der Waals surface area (Å²) in [6.07, 6.45) is 3.28. The maximum Gasteiger partial charge on any atom is 0.316 e. The molecular weight excluding hydrogens is 434 g/mol. The molecule has 3 aliphatic rings. The Balaban J connectivity index is 1.37. The molecule has 1 aromatic heterocycles. The fourth-order valence-corrected chi connectivity index (χ4v) is 5.27. The van der Waals surface area contributed by atoms with E-state index in [9.17, 15) is 9.59 Å². The molecule has 0 spiro atoms. The molecule has 34 heavy (non-hydrogen) atoms. The molecule has 2 saturated heterocycles. The van der Waals surface area contributed by atoms with E-state index < -0.39 is 5.41 Å². The van der Waals surface area contributed by atoms with E-state index in [-0.39, 0.29) is 17.9 Å². The zero-order chi connectivity index (χ0) is 23.7. The standard InChI is InChI=1S/C25H31N5O4/c1-29-16-18(8-9-20(29)31)26-22-21-19(10-15-34-21)27-24(28-22)30-13-11-25(12-14-30,23(32)33-2)17-6-4-3-5-7-17/h3-7,18H,8-16H2,1-2H3,(H,26,27,28)/t18-/m0/s1. The maximum absolute atomic E-state index is 12.9. The van der Waals surface area contributed by atoms with Crippen molar-refractivity contribution < 1.29 is 19.1 Å². The van der Waals surface area contributed by atoms with E-state index in [0.717, 1.165) is 24.1 Å². The molecule has 0 aliphatic carbocycles. The normalized spacial score (nSPS) is 21.6. The highest BCUT2D eigenvalue weighted by Gasteiger charge is 2.44. The van der Waals surface area contributed by atoms with Crippen molar-refractivity contribution in [3.63, 3.8) is 0 Å². The van der Waals surface area contributed by atoms with Crippen LogP contribution in [0.3, 0.4) is 0 Å². The molecule has 1 atom stereocenters. The summed E-state index contributed by atoms with van der Waals surface area (Å²) in [7, 11) is 3.29. The van der Waals surface area contributed by atoms with Crippen LogP contribution in [0.25, 0.3) is 0 Å². The molecule has 5 rings (SSSR count). The summed E-state index contributed by atoms with van der Waals surface area (Å²) >= 11 is 0. The first-order valence-corrected chi connectivity index (χ1v) is 11.9. The number of amides is 1. The van der Waals surface area contributed by atoms with E-state index in [4.69, 9.17) is 19.4 Å². The Bertz CT molecular complexity index is 1070. The number of hydrogen-bond donors (Lipinski definition) is 1. The summed E-state index contributed by atoms with van der Waals surface area (Å²) in [4.78, 5) is 38.3. The summed E-state index contributed by atoms with van der Waals surface area (Å²) < 4.78 is 11.1. The second kappa shape index (κ2) is 9.12. The summed E-state index contributed by atoms with van der Waals surface area (Å²) in [5.41, 5.74) is 1.23. The van der Waals surface area contributed by atoms with Gasteiger partial charge in [0.1, 0.15) is 0 Å². The van der Waals surface area contributed by atoms with Gasteiger partial charge in [-0.05, 0) is 24.8 Å². The van der Waals surface area contributed by atoms with E-state index >= 15 is 0 Å². The molecule has 4 heterocycles. The van der Waals surface area contributed by atoms with Gasteiger partial charge in [-0.15, -0.1) is 0 Å². The molecular formula is C25H31N5O4. The van der Waals surface area contributed by atoms with Crippen LogP contribution in [0, 0.1) is 0 Å². The number of fused-ring (bicyclic) bond motifs is 1. The van der Waals surface area contributed by atoms with Gasteiger partial charge < -0.3 is 24.6 Å². The van der Waals surface area contributed by atoms with Crippen LogP contribution in [0.2, 0.25) is 0 Å².